The molecule has 9 rings (SSSR count). The molecule has 2 heterocycles. The van der Waals surface area contributed by atoms with Gasteiger partial charge in [-0.15, -0.1) is 11.3 Å². The SMILES string of the molecule is O=C(O)/C=N\OC(O)(c1c(-c2csc(NC(c3ccccc3)(c3ccccc3)c3ccccc3)n2)c(=O)ccn1C(c1ccccc1)c1ccccc1)C(c1ccccc1)c1ccccc1. The Bertz CT molecular complexity index is 2920. The van der Waals surface area contributed by atoms with Gasteiger partial charge < -0.3 is 24.9 Å². The zero-order valence-electron chi connectivity index (χ0n) is 35.5. The Kier molecular flexibility index (Phi) is 12.6. The number of rotatable bonds is 16. The van der Waals surface area contributed by atoms with E-state index in [1.807, 2.05) is 180 Å². The summed E-state index contributed by atoms with van der Waals surface area (Å²) in [5.41, 5.74) is 4.68. The number of thiazole rings is 1. The molecule has 0 saturated carbocycles. The number of carboxylic acid groups (broad SMARTS) is 1. The fourth-order valence-electron chi connectivity index (χ4n) is 8.87. The first-order chi connectivity index (χ1) is 32.4. The number of aliphatic carboxylic acids is 1. The number of hydrogen-bond acceptors (Lipinski definition) is 8. The number of oxime groups is 1. The third-order valence-corrected chi connectivity index (χ3v) is 12.4. The molecule has 66 heavy (non-hydrogen) atoms. The number of carbonyl (C=O) groups is 1. The predicted octanol–water partition coefficient (Wildman–Crippen LogP) is 11.1. The average molecular weight is 885 g/mol. The summed E-state index contributed by atoms with van der Waals surface area (Å²) in [5, 5.41) is 33.8. The molecule has 2 aromatic heterocycles. The van der Waals surface area contributed by atoms with Crippen LogP contribution in [0.5, 0.6) is 0 Å². The standard InChI is InChI=1S/C56H44N4O5S/c61-48-36-37-60(52(42-26-12-3-13-27-42)43-28-14-4-15-29-43)53(56(64,65-57-38-49(62)63)51(40-22-8-1-9-23-40)41-24-10-2-11-25-41)50(48)47-39-66-54(58-47)59-55(44-30-16-5-17-31-44,45-32-18-6-19-33-45)46-34-20-7-21-35-46/h1-39,51-52,64H,(H,58,59)(H,62,63)/b57-38-. The highest BCUT2D eigenvalue weighted by atomic mass is 32.1. The molecular weight excluding hydrogens is 841 g/mol. The lowest BCUT2D eigenvalue weighted by atomic mass is 9.77. The Balaban J connectivity index is 1.35. The number of nitrogens with one attached hydrogen (secondary N) is 1. The van der Waals surface area contributed by atoms with E-state index in [1.54, 1.807) is 11.6 Å². The molecule has 0 bridgehead atoms. The molecule has 324 valence electrons. The number of aromatic nitrogens is 2. The first-order valence-corrected chi connectivity index (χ1v) is 22.3. The topological polar surface area (TPSA) is 126 Å². The van der Waals surface area contributed by atoms with Gasteiger partial charge in [0.1, 0.15) is 11.2 Å². The van der Waals surface area contributed by atoms with E-state index < -0.39 is 34.7 Å². The van der Waals surface area contributed by atoms with E-state index in [-0.39, 0.29) is 17.0 Å². The van der Waals surface area contributed by atoms with Crippen molar-refractivity contribution in [2.24, 2.45) is 5.16 Å². The van der Waals surface area contributed by atoms with Gasteiger partial charge >= 0.3 is 5.97 Å². The van der Waals surface area contributed by atoms with Crippen molar-refractivity contribution in [3.63, 3.8) is 0 Å². The summed E-state index contributed by atoms with van der Waals surface area (Å²) in [6, 6.07) is 69.2. The van der Waals surface area contributed by atoms with Gasteiger partial charge in [0.05, 0.1) is 23.2 Å². The second-order valence-corrected chi connectivity index (χ2v) is 16.5. The average Bonchev–Trinajstić information content (AvgIpc) is 3.83. The van der Waals surface area contributed by atoms with Gasteiger partial charge in [-0.2, -0.15) is 0 Å². The molecule has 9 aromatic rings. The first kappa shape index (κ1) is 43.1. The number of hydrogen-bond donors (Lipinski definition) is 3. The van der Waals surface area contributed by atoms with Gasteiger partial charge in [-0.3, -0.25) is 4.79 Å². The van der Waals surface area contributed by atoms with Crippen LogP contribution in [-0.2, 0) is 21.0 Å². The molecule has 0 amide bonds. The van der Waals surface area contributed by atoms with Crippen molar-refractivity contribution in [2.75, 3.05) is 5.32 Å². The maximum atomic E-state index is 15.0. The second-order valence-electron chi connectivity index (χ2n) is 15.7. The Morgan fingerprint density at radius 3 is 1.45 bits per heavy atom. The molecule has 0 saturated heterocycles. The number of aliphatic hydroxyl groups is 1. The number of anilines is 1. The van der Waals surface area contributed by atoms with Crippen molar-refractivity contribution >= 4 is 28.7 Å². The lowest BCUT2D eigenvalue weighted by Crippen LogP contribution is -2.42. The van der Waals surface area contributed by atoms with Gasteiger partial charge in [0.25, 0.3) is 5.79 Å². The second kappa shape index (κ2) is 19.3. The van der Waals surface area contributed by atoms with Gasteiger partial charge in [0.15, 0.2) is 16.8 Å². The van der Waals surface area contributed by atoms with E-state index in [0.717, 1.165) is 27.8 Å². The monoisotopic (exact) mass is 884 g/mol. The summed E-state index contributed by atoms with van der Waals surface area (Å²) < 4.78 is 1.82. The highest BCUT2D eigenvalue weighted by Gasteiger charge is 2.49. The van der Waals surface area contributed by atoms with Crippen molar-refractivity contribution in [3.05, 3.63) is 285 Å². The predicted molar refractivity (Wildman–Crippen MR) is 261 cm³/mol. The van der Waals surface area contributed by atoms with E-state index in [4.69, 9.17) is 9.82 Å². The summed E-state index contributed by atoms with van der Waals surface area (Å²) in [6.07, 6.45) is 2.22. The Labute approximate surface area is 386 Å². The molecule has 9 nitrogen and oxygen atoms in total. The van der Waals surface area contributed by atoms with Gasteiger partial charge in [-0.1, -0.05) is 217 Å². The molecule has 0 aliphatic heterocycles. The molecule has 3 N–H and O–H groups in total. The highest BCUT2D eigenvalue weighted by Crippen LogP contribution is 2.48. The van der Waals surface area contributed by atoms with Gasteiger partial charge in [0.2, 0.25) is 0 Å². The van der Waals surface area contributed by atoms with Crippen LogP contribution in [0.25, 0.3) is 11.3 Å². The van der Waals surface area contributed by atoms with Crippen LogP contribution in [-0.4, -0.2) is 31.9 Å². The summed E-state index contributed by atoms with van der Waals surface area (Å²) >= 11 is 1.31. The summed E-state index contributed by atoms with van der Waals surface area (Å²) in [7, 11) is 0. The lowest BCUT2D eigenvalue weighted by molar-refractivity contribution is -0.227. The van der Waals surface area contributed by atoms with Crippen LogP contribution in [0.4, 0.5) is 5.13 Å². The van der Waals surface area contributed by atoms with Crippen molar-refractivity contribution in [2.45, 2.75) is 23.3 Å². The summed E-state index contributed by atoms with van der Waals surface area (Å²) in [5.74, 6) is -5.05. The third-order valence-electron chi connectivity index (χ3n) is 11.7. The maximum Gasteiger partial charge on any atom is 0.350 e. The maximum absolute atomic E-state index is 15.0. The fourth-order valence-corrected chi connectivity index (χ4v) is 9.63. The molecule has 0 aliphatic carbocycles. The molecule has 0 radical (unpaired) electrons. The first-order valence-electron chi connectivity index (χ1n) is 21.4. The zero-order valence-corrected chi connectivity index (χ0v) is 36.4. The molecule has 0 spiro atoms. The molecule has 0 aliphatic rings. The van der Waals surface area contributed by atoms with Crippen molar-refractivity contribution in [1.29, 1.82) is 0 Å². The quantitative estimate of drug-likeness (QED) is 0.0382. The Morgan fingerprint density at radius 1 is 0.621 bits per heavy atom. The number of nitrogens with zero attached hydrogens (tertiary/aromatic N) is 3. The minimum atomic E-state index is -2.58. The normalized spacial score (nSPS) is 12.5. The van der Waals surface area contributed by atoms with E-state index >= 15 is 4.79 Å². The number of benzene rings is 7. The van der Waals surface area contributed by atoms with Crippen LogP contribution in [0.1, 0.15) is 56.6 Å². The van der Waals surface area contributed by atoms with Gasteiger partial charge in [-0.25, -0.2) is 9.78 Å². The van der Waals surface area contributed by atoms with E-state index in [2.05, 4.69) is 46.9 Å². The molecule has 0 fully saturated rings. The molecule has 10 heteroatoms. The van der Waals surface area contributed by atoms with Crippen LogP contribution < -0.4 is 10.7 Å². The summed E-state index contributed by atoms with van der Waals surface area (Å²) in [4.78, 5) is 38.6. The van der Waals surface area contributed by atoms with Crippen LogP contribution in [0.3, 0.4) is 0 Å². The van der Waals surface area contributed by atoms with Crippen LogP contribution in [0.2, 0.25) is 0 Å². The highest BCUT2D eigenvalue weighted by molar-refractivity contribution is 7.14. The minimum absolute atomic E-state index is 0.00485. The largest absolute Gasteiger partial charge is 0.477 e. The zero-order chi connectivity index (χ0) is 45.4. The fraction of sp³-hybridized carbons (Fsp3) is 0.0714. The minimum Gasteiger partial charge on any atom is -0.477 e. The Hall–Kier alpha value is -8.18. The van der Waals surface area contributed by atoms with Crippen molar-refractivity contribution in [1.82, 2.24) is 9.55 Å². The summed E-state index contributed by atoms with van der Waals surface area (Å²) in [6.45, 7) is 0. The third kappa shape index (κ3) is 8.58. The molecule has 1 atom stereocenters. The van der Waals surface area contributed by atoms with Gasteiger partial charge in [-0.05, 0) is 38.9 Å². The molecule has 1 unspecified atom stereocenters. The van der Waals surface area contributed by atoms with Crippen molar-refractivity contribution in [3.8, 4) is 11.3 Å². The van der Waals surface area contributed by atoms with Crippen molar-refractivity contribution < 1.29 is 19.8 Å². The van der Waals surface area contributed by atoms with E-state index in [0.29, 0.717) is 22.5 Å². The van der Waals surface area contributed by atoms with E-state index in [9.17, 15) is 15.0 Å². The smallest absolute Gasteiger partial charge is 0.350 e. The van der Waals surface area contributed by atoms with Crippen LogP contribution in [0.15, 0.2) is 240 Å². The number of pyridine rings is 1. The van der Waals surface area contributed by atoms with Gasteiger partial charge in [0, 0.05) is 17.6 Å². The van der Waals surface area contributed by atoms with E-state index in [1.165, 1.54) is 17.4 Å². The lowest BCUT2D eigenvalue weighted by Gasteiger charge is -2.39. The van der Waals surface area contributed by atoms with Crippen LogP contribution >= 0.6 is 11.3 Å². The molecule has 7 aromatic carbocycles. The number of carboxylic acids is 1. The molecular formula is C56H44N4O5S. The Morgan fingerprint density at radius 2 is 1.03 bits per heavy atom. The van der Waals surface area contributed by atoms with Crippen LogP contribution in [0, 0.1) is 0 Å².